The quantitative estimate of drug-likeness (QED) is 0.855. The standard InChI is InChI=1S/C15H19Cl2N3/c1-11-13(14(17)20(3)19-11)9-18-15(2,10-16)12-7-5-4-6-8-12/h4-8,18H,9-10H2,1-3H3. The summed E-state index contributed by atoms with van der Waals surface area (Å²) in [5.74, 6) is 0.480. The van der Waals surface area contributed by atoms with Crippen LogP contribution in [0.5, 0.6) is 0 Å². The Morgan fingerprint density at radius 3 is 2.45 bits per heavy atom. The predicted molar refractivity (Wildman–Crippen MR) is 84.3 cm³/mol. The van der Waals surface area contributed by atoms with Crippen molar-refractivity contribution < 1.29 is 0 Å². The molecule has 0 saturated carbocycles. The van der Waals surface area contributed by atoms with Crippen molar-refractivity contribution in [1.29, 1.82) is 0 Å². The Labute approximate surface area is 129 Å². The number of nitrogens with one attached hydrogen (secondary N) is 1. The second-order valence-corrected chi connectivity index (χ2v) is 5.79. The first-order chi connectivity index (χ1) is 9.48. The number of rotatable bonds is 5. The van der Waals surface area contributed by atoms with Crippen LogP contribution in [0.4, 0.5) is 0 Å². The van der Waals surface area contributed by atoms with Crippen molar-refractivity contribution in [2.75, 3.05) is 5.88 Å². The molecular weight excluding hydrogens is 293 g/mol. The monoisotopic (exact) mass is 311 g/mol. The molecule has 0 aliphatic carbocycles. The van der Waals surface area contributed by atoms with E-state index < -0.39 is 0 Å². The largest absolute Gasteiger partial charge is 0.302 e. The Bertz CT molecular complexity index is 580. The van der Waals surface area contributed by atoms with Gasteiger partial charge in [-0.2, -0.15) is 5.10 Å². The van der Waals surface area contributed by atoms with Crippen molar-refractivity contribution >= 4 is 23.2 Å². The average Bonchev–Trinajstić information content (AvgIpc) is 2.71. The lowest BCUT2D eigenvalue weighted by atomic mass is 9.94. The minimum Gasteiger partial charge on any atom is -0.302 e. The molecule has 2 rings (SSSR count). The minimum absolute atomic E-state index is 0.297. The number of hydrogen-bond acceptors (Lipinski definition) is 2. The van der Waals surface area contributed by atoms with Crippen molar-refractivity contribution in [3.05, 3.63) is 52.3 Å². The highest BCUT2D eigenvalue weighted by molar-refractivity contribution is 6.30. The second-order valence-electron chi connectivity index (χ2n) is 5.16. The molecule has 1 aromatic heterocycles. The van der Waals surface area contributed by atoms with Gasteiger partial charge in [0.05, 0.1) is 11.2 Å². The van der Waals surface area contributed by atoms with Crippen LogP contribution in [0.3, 0.4) is 0 Å². The van der Waals surface area contributed by atoms with Gasteiger partial charge in [-0.3, -0.25) is 4.68 Å². The molecule has 0 aliphatic heterocycles. The van der Waals surface area contributed by atoms with Gasteiger partial charge in [0.1, 0.15) is 5.15 Å². The Kier molecular flexibility index (Phi) is 4.74. The van der Waals surface area contributed by atoms with E-state index in [1.165, 1.54) is 0 Å². The molecule has 3 nitrogen and oxygen atoms in total. The van der Waals surface area contributed by atoms with Crippen molar-refractivity contribution in [2.45, 2.75) is 25.9 Å². The van der Waals surface area contributed by atoms with Crippen LogP contribution in [-0.4, -0.2) is 15.7 Å². The van der Waals surface area contributed by atoms with E-state index in [9.17, 15) is 0 Å². The van der Waals surface area contributed by atoms with Crippen LogP contribution in [0.25, 0.3) is 0 Å². The van der Waals surface area contributed by atoms with E-state index in [0.717, 1.165) is 16.8 Å². The normalized spacial score (nSPS) is 14.2. The van der Waals surface area contributed by atoms with Crippen molar-refractivity contribution in [3.8, 4) is 0 Å². The maximum absolute atomic E-state index is 6.26. The molecule has 0 amide bonds. The molecule has 0 saturated heterocycles. The van der Waals surface area contributed by atoms with Crippen LogP contribution in [-0.2, 0) is 19.1 Å². The Hall–Kier alpha value is -1.03. The molecule has 1 heterocycles. The molecular formula is C15H19Cl2N3. The van der Waals surface area contributed by atoms with Crippen molar-refractivity contribution in [3.63, 3.8) is 0 Å². The predicted octanol–water partition coefficient (Wildman–Crippen LogP) is 3.63. The zero-order valence-electron chi connectivity index (χ0n) is 12.0. The third-order valence-electron chi connectivity index (χ3n) is 3.60. The third kappa shape index (κ3) is 3.00. The summed E-state index contributed by atoms with van der Waals surface area (Å²) in [7, 11) is 1.84. The summed E-state index contributed by atoms with van der Waals surface area (Å²) in [6.45, 7) is 4.69. The summed E-state index contributed by atoms with van der Waals surface area (Å²) in [4.78, 5) is 0. The molecule has 1 N–H and O–H groups in total. The van der Waals surface area contributed by atoms with E-state index in [1.807, 2.05) is 32.2 Å². The summed E-state index contributed by atoms with van der Waals surface area (Å²) in [5.41, 5.74) is 2.82. The first-order valence-electron chi connectivity index (χ1n) is 6.52. The molecule has 1 aromatic carbocycles. The molecule has 5 heteroatoms. The lowest BCUT2D eigenvalue weighted by molar-refractivity contribution is 0.406. The van der Waals surface area contributed by atoms with Crippen molar-refractivity contribution in [2.24, 2.45) is 7.05 Å². The molecule has 0 fully saturated rings. The zero-order valence-corrected chi connectivity index (χ0v) is 13.5. The molecule has 108 valence electrons. The highest BCUT2D eigenvalue weighted by Gasteiger charge is 2.25. The van der Waals surface area contributed by atoms with Gasteiger partial charge in [-0.05, 0) is 19.4 Å². The van der Waals surface area contributed by atoms with Gasteiger partial charge in [0, 0.05) is 25.0 Å². The van der Waals surface area contributed by atoms with E-state index in [2.05, 4.69) is 29.5 Å². The lowest BCUT2D eigenvalue weighted by Crippen LogP contribution is -2.40. The van der Waals surface area contributed by atoms with E-state index in [4.69, 9.17) is 23.2 Å². The van der Waals surface area contributed by atoms with Crippen LogP contribution in [0.1, 0.15) is 23.7 Å². The van der Waals surface area contributed by atoms with E-state index in [-0.39, 0.29) is 5.54 Å². The number of alkyl halides is 1. The van der Waals surface area contributed by atoms with Crippen LogP contribution >= 0.6 is 23.2 Å². The van der Waals surface area contributed by atoms with Gasteiger partial charge < -0.3 is 5.32 Å². The van der Waals surface area contributed by atoms with Gasteiger partial charge in [-0.25, -0.2) is 0 Å². The number of aryl methyl sites for hydroxylation is 2. The molecule has 0 bridgehead atoms. The van der Waals surface area contributed by atoms with E-state index in [0.29, 0.717) is 17.6 Å². The molecule has 1 unspecified atom stereocenters. The Morgan fingerprint density at radius 2 is 1.95 bits per heavy atom. The summed E-state index contributed by atoms with van der Waals surface area (Å²) in [6.07, 6.45) is 0. The smallest absolute Gasteiger partial charge is 0.131 e. The fraction of sp³-hybridized carbons (Fsp3) is 0.400. The van der Waals surface area contributed by atoms with Crippen LogP contribution in [0.15, 0.2) is 30.3 Å². The summed E-state index contributed by atoms with van der Waals surface area (Å²) < 4.78 is 1.69. The number of halogens is 2. The fourth-order valence-electron chi connectivity index (χ4n) is 2.19. The molecule has 2 aromatic rings. The highest BCUT2D eigenvalue weighted by Crippen LogP contribution is 2.25. The molecule has 0 aliphatic rings. The van der Waals surface area contributed by atoms with E-state index in [1.54, 1.807) is 4.68 Å². The van der Waals surface area contributed by atoms with Gasteiger partial charge >= 0.3 is 0 Å². The van der Waals surface area contributed by atoms with Crippen LogP contribution in [0, 0.1) is 6.92 Å². The number of hydrogen-bond donors (Lipinski definition) is 1. The summed E-state index contributed by atoms with van der Waals surface area (Å²) in [5, 5.41) is 8.49. The maximum Gasteiger partial charge on any atom is 0.131 e. The van der Waals surface area contributed by atoms with Gasteiger partial charge in [-0.1, -0.05) is 41.9 Å². The Balaban J connectivity index is 2.19. The zero-order chi connectivity index (χ0) is 14.8. The Morgan fingerprint density at radius 1 is 1.30 bits per heavy atom. The van der Waals surface area contributed by atoms with Crippen LogP contribution < -0.4 is 5.32 Å². The minimum atomic E-state index is -0.297. The first kappa shape index (κ1) is 15.4. The maximum atomic E-state index is 6.26. The SMILES string of the molecule is Cc1nn(C)c(Cl)c1CNC(C)(CCl)c1ccccc1. The molecule has 0 spiro atoms. The number of aromatic nitrogens is 2. The average molecular weight is 312 g/mol. The fourth-order valence-corrected chi connectivity index (χ4v) is 2.68. The topological polar surface area (TPSA) is 29.9 Å². The summed E-state index contributed by atoms with van der Waals surface area (Å²) >= 11 is 12.4. The molecule has 0 radical (unpaired) electrons. The number of benzene rings is 1. The van der Waals surface area contributed by atoms with Gasteiger partial charge in [-0.15, -0.1) is 11.6 Å². The summed E-state index contributed by atoms with van der Waals surface area (Å²) in [6, 6.07) is 10.2. The number of nitrogens with zero attached hydrogens (tertiary/aromatic N) is 2. The second kappa shape index (κ2) is 6.17. The van der Waals surface area contributed by atoms with Gasteiger partial charge in [0.25, 0.3) is 0 Å². The highest BCUT2D eigenvalue weighted by atomic mass is 35.5. The first-order valence-corrected chi connectivity index (χ1v) is 7.43. The molecule has 1 atom stereocenters. The lowest BCUT2D eigenvalue weighted by Gasteiger charge is -2.29. The third-order valence-corrected chi connectivity index (χ3v) is 4.61. The van der Waals surface area contributed by atoms with Crippen LogP contribution in [0.2, 0.25) is 5.15 Å². The van der Waals surface area contributed by atoms with E-state index >= 15 is 0 Å². The molecule has 20 heavy (non-hydrogen) atoms. The van der Waals surface area contributed by atoms with Gasteiger partial charge in [0.15, 0.2) is 0 Å². The van der Waals surface area contributed by atoms with Gasteiger partial charge in [0.2, 0.25) is 0 Å². The van der Waals surface area contributed by atoms with Crippen molar-refractivity contribution in [1.82, 2.24) is 15.1 Å².